The number of thiophene rings is 1. The number of hydrogen-bond donors (Lipinski definition) is 1. The molecule has 0 aliphatic carbocycles. The van der Waals surface area contributed by atoms with Gasteiger partial charge in [-0.3, -0.25) is 4.18 Å². The van der Waals surface area contributed by atoms with Crippen LogP contribution in [-0.4, -0.2) is 86.9 Å². The van der Waals surface area contributed by atoms with Crippen molar-refractivity contribution in [1.29, 1.82) is 0 Å². The smallest absolute Gasteiger partial charge is 0.345 e. The van der Waals surface area contributed by atoms with Crippen LogP contribution >= 0.6 is 34.5 Å². The van der Waals surface area contributed by atoms with Crippen LogP contribution in [0.15, 0.2) is 127 Å². The second kappa shape index (κ2) is 25.4. The van der Waals surface area contributed by atoms with E-state index in [-0.39, 0.29) is 57.8 Å². The Balaban J connectivity index is 1.19. The van der Waals surface area contributed by atoms with Gasteiger partial charge in [0.2, 0.25) is 20.3 Å². The van der Waals surface area contributed by atoms with Gasteiger partial charge in [-0.1, -0.05) is 92.0 Å². The van der Waals surface area contributed by atoms with Gasteiger partial charge in [-0.2, -0.15) is 8.42 Å². The maximum atomic E-state index is 14.6. The minimum Gasteiger partial charge on any atom is -0.543 e. The molecule has 8 aromatic rings. The Bertz CT molecular complexity index is 3680. The van der Waals surface area contributed by atoms with Gasteiger partial charge in [-0.15, -0.1) is 17.9 Å². The summed E-state index contributed by atoms with van der Waals surface area (Å²) in [6, 6.07) is 26.6. The molecule has 15 nitrogen and oxygen atoms in total. The van der Waals surface area contributed by atoms with Crippen LogP contribution in [-0.2, 0) is 36.9 Å². The number of aryl methyl sites for hydroxylation is 1. The molecular weight excluding hydrogens is 1130 g/mol. The lowest BCUT2D eigenvalue weighted by atomic mass is 9.92. The molecule has 0 spiro atoms. The van der Waals surface area contributed by atoms with E-state index in [9.17, 15) is 22.7 Å². The van der Waals surface area contributed by atoms with Gasteiger partial charge in [-0.05, 0) is 122 Å². The standard InChI is InChI=1S/C60H61Cl2FN4O11S2Si/c1-11-28-73-32-43(33-75-80(70,71)44-23-16-35(2)17-24-44)76-54-52(61)36(3)49(37(4)53(54)62)50-51-57(65-34-66-58(51)79-55(50)38-18-20-40(63)21-19-38)77-48(59(68)69)30-39-29-42(78-81(9,10)60(5,6)7)22-25-46(39)74-31-41-26-27-64-56(67-41)45-14-12-13-15-47(45)72-8/h11-27,29,34,43,48H,1,28,30-33H2,2-10H3,(H,68,69)/t43-,48-/m1/s1. The Hall–Kier alpha value is -6.97. The molecular formula is C60H61Cl2FN4O11S2Si. The topological polar surface area (TPSA) is 188 Å². The Labute approximate surface area is 485 Å². The molecule has 0 saturated heterocycles. The van der Waals surface area contributed by atoms with Crippen molar-refractivity contribution in [3.05, 3.63) is 166 Å². The molecule has 424 valence electrons. The van der Waals surface area contributed by atoms with Gasteiger partial charge >= 0.3 is 5.97 Å². The quantitative estimate of drug-likeness (QED) is 0.0260. The Morgan fingerprint density at radius 3 is 2.25 bits per heavy atom. The lowest BCUT2D eigenvalue weighted by Gasteiger charge is -2.36. The zero-order valence-corrected chi connectivity index (χ0v) is 50.3. The fraction of sp³-hybridized carbons (Fsp3) is 0.283. The zero-order chi connectivity index (χ0) is 58.4. The van der Waals surface area contributed by atoms with Crippen LogP contribution in [0.25, 0.3) is 43.2 Å². The van der Waals surface area contributed by atoms with Crippen molar-refractivity contribution in [3.63, 3.8) is 0 Å². The molecule has 81 heavy (non-hydrogen) atoms. The number of hydrogen-bond acceptors (Lipinski definition) is 15. The van der Waals surface area contributed by atoms with Gasteiger partial charge < -0.3 is 33.2 Å². The number of fused-ring (bicyclic) bond motifs is 1. The van der Waals surface area contributed by atoms with E-state index in [0.29, 0.717) is 82.8 Å². The normalized spacial score (nSPS) is 12.7. The third-order valence-electron chi connectivity index (χ3n) is 13.7. The lowest BCUT2D eigenvalue weighted by Crippen LogP contribution is -2.43. The Kier molecular flexibility index (Phi) is 18.9. The first kappa shape index (κ1) is 60.1. The van der Waals surface area contributed by atoms with Crippen molar-refractivity contribution in [1.82, 2.24) is 19.9 Å². The number of methoxy groups -OCH3 is 1. The zero-order valence-electron chi connectivity index (χ0n) is 46.1. The monoisotopic (exact) mass is 1190 g/mol. The van der Waals surface area contributed by atoms with Crippen LogP contribution in [0.3, 0.4) is 0 Å². The van der Waals surface area contributed by atoms with E-state index < -0.39 is 49.0 Å². The maximum Gasteiger partial charge on any atom is 0.345 e. The second-order valence-electron chi connectivity index (χ2n) is 20.5. The molecule has 3 heterocycles. The number of halogens is 3. The molecule has 0 aliphatic heterocycles. The number of carboxylic acids is 1. The number of carbonyl (C=O) groups is 1. The predicted molar refractivity (Wildman–Crippen MR) is 316 cm³/mol. The third-order valence-corrected chi connectivity index (χ3v) is 21.5. The van der Waals surface area contributed by atoms with Crippen molar-refractivity contribution in [2.45, 2.75) is 89.8 Å². The molecule has 3 aromatic heterocycles. The molecule has 0 fully saturated rings. The number of ether oxygens (including phenoxy) is 5. The molecule has 2 atom stereocenters. The highest BCUT2D eigenvalue weighted by Gasteiger charge is 2.39. The Morgan fingerprint density at radius 1 is 0.877 bits per heavy atom. The average molecular weight is 1200 g/mol. The summed E-state index contributed by atoms with van der Waals surface area (Å²) in [4.78, 5) is 33.0. The molecule has 1 N–H and O–H groups in total. The van der Waals surface area contributed by atoms with E-state index in [2.05, 4.69) is 55.4 Å². The van der Waals surface area contributed by atoms with Gasteiger partial charge in [0.15, 0.2) is 11.6 Å². The highest BCUT2D eigenvalue weighted by Crippen LogP contribution is 2.53. The lowest BCUT2D eigenvalue weighted by molar-refractivity contribution is -0.145. The number of nitrogens with zero attached hydrogens (tertiary/aromatic N) is 4. The molecule has 5 aromatic carbocycles. The van der Waals surface area contributed by atoms with E-state index in [1.165, 1.54) is 48.0 Å². The number of aliphatic carboxylic acids is 1. The number of rotatable bonds is 24. The molecule has 0 aliphatic rings. The summed E-state index contributed by atoms with van der Waals surface area (Å²) < 4.78 is 84.2. The van der Waals surface area contributed by atoms with Crippen LogP contribution in [0.1, 0.15) is 48.7 Å². The van der Waals surface area contributed by atoms with Gasteiger partial charge in [0.1, 0.15) is 53.5 Å². The van der Waals surface area contributed by atoms with Crippen molar-refractivity contribution in [2.24, 2.45) is 0 Å². The summed E-state index contributed by atoms with van der Waals surface area (Å²) in [5, 5.41) is 11.4. The molecule has 0 saturated carbocycles. The summed E-state index contributed by atoms with van der Waals surface area (Å²) >= 11 is 15.8. The van der Waals surface area contributed by atoms with E-state index in [4.69, 9.17) is 60.5 Å². The molecule has 0 radical (unpaired) electrons. The predicted octanol–water partition coefficient (Wildman–Crippen LogP) is 14.3. The van der Waals surface area contributed by atoms with Crippen LogP contribution in [0.5, 0.6) is 28.9 Å². The third kappa shape index (κ3) is 13.9. The van der Waals surface area contributed by atoms with Crippen LogP contribution in [0, 0.1) is 26.6 Å². The average Bonchev–Trinajstić information content (AvgIpc) is 3.91. The van der Waals surface area contributed by atoms with E-state index in [1.54, 1.807) is 75.7 Å². The molecule has 0 unspecified atom stereocenters. The van der Waals surface area contributed by atoms with Crippen molar-refractivity contribution < 1.29 is 55.0 Å². The maximum absolute atomic E-state index is 14.6. The number of benzene rings is 5. The minimum absolute atomic E-state index is 0.00321. The molecule has 21 heteroatoms. The summed E-state index contributed by atoms with van der Waals surface area (Å²) in [7, 11) is -5.05. The number of para-hydroxylation sites is 1. The van der Waals surface area contributed by atoms with E-state index in [0.717, 1.165) is 5.56 Å². The summed E-state index contributed by atoms with van der Waals surface area (Å²) in [6.45, 7) is 19.2. The van der Waals surface area contributed by atoms with Gasteiger partial charge in [0, 0.05) is 28.6 Å². The van der Waals surface area contributed by atoms with Crippen LogP contribution in [0.2, 0.25) is 28.2 Å². The van der Waals surface area contributed by atoms with Crippen molar-refractivity contribution >= 4 is 69.2 Å². The molecule has 0 amide bonds. The highest BCUT2D eigenvalue weighted by atomic mass is 35.5. The fourth-order valence-corrected chi connectivity index (χ4v) is 12.0. The largest absolute Gasteiger partial charge is 0.543 e. The minimum atomic E-state index is -4.22. The highest BCUT2D eigenvalue weighted by molar-refractivity contribution is 7.86. The van der Waals surface area contributed by atoms with Crippen molar-refractivity contribution in [2.75, 3.05) is 26.9 Å². The SMILES string of the molecule is C=CCOC[C@H](COS(=O)(=O)c1ccc(C)cc1)Oc1c(Cl)c(C)c(-c2c(-c3ccc(F)cc3)sc3ncnc(O[C@H](Cc4cc(O[Si](C)(C)C(C)(C)C)ccc4OCc4ccnc(-c5ccccc5OC)n4)C(=O)O)c23)c(C)c1Cl. The van der Waals surface area contributed by atoms with Crippen LogP contribution in [0.4, 0.5) is 4.39 Å². The van der Waals surface area contributed by atoms with Gasteiger partial charge in [0.25, 0.3) is 10.1 Å². The number of aromatic nitrogens is 4. The van der Waals surface area contributed by atoms with E-state index >= 15 is 0 Å². The van der Waals surface area contributed by atoms with E-state index in [1.807, 2.05) is 31.2 Å². The van der Waals surface area contributed by atoms with Gasteiger partial charge in [-0.25, -0.2) is 29.1 Å². The summed E-state index contributed by atoms with van der Waals surface area (Å²) in [5.74, 6) is 0.107. The molecule has 0 bridgehead atoms. The summed E-state index contributed by atoms with van der Waals surface area (Å²) in [5.41, 5.74) is 5.05. The first-order valence-electron chi connectivity index (χ1n) is 25.6. The fourth-order valence-electron chi connectivity index (χ4n) is 8.43. The van der Waals surface area contributed by atoms with Crippen molar-refractivity contribution in [3.8, 4) is 61.8 Å². The number of carboxylic acid groups (broad SMARTS) is 1. The van der Waals surface area contributed by atoms with Gasteiger partial charge in [0.05, 0.1) is 51.9 Å². The molecule has 8 rings (SSSR count). The van der Waals surface area contributed by atoms with Crippen LogP contribution < -0.4 is 23.4 Å². The first-order valence-corrected chi connectivity index (χ1v) is 31.5. The second-order valence-corrected chi connectivity index (χ2v) is 28.6. The Morgan fingerprint density at radius 2 is 1.58 bits per heavy atom. The first-order chi connectivity index (χ1) is 38.5. The summed E-state index contributed by atoms with van der Waals surface area (Å²) in [6.07, 6.45) is 1.60.